The lowest BCUT2D eigenvalue weighted by Crippen LogP contribution is -2.38. The standard InChI is InChI=1S/C10H15NO2S/c1-8-7-14-9(11-8)6-10(12)2-4-13-5-3-10/h7,12H,2-6H2,1H3. The Balaban J connectivity index is 2.01. The van der Waals surface area contributed by atoms with Crippen LogP contribution in [0.4, 0.5) is 0 Å². The zero-order valence-electron chi connectivity index (χ0n) is 8.32. The van der Waals surface area contributed by atoms with Gasteiger partial charge in [-0.2, -0.15) is 0 Å². The van der Waals surface area contributed by atoms with Crippen molar-refractivity contribution in [2.75, 3.05) is 13.2 Å². The summed E-state index contributed by atoms with van der Waals surface area (Å²) in [5.41, 5.74) is 0.461. The topological polar surface area (TPSA) is 42.4 Å². The molecule has 1 aliphatic heterocycles. The number of aromatic nitrogens is 1. The summed E-state index contributed by atoms with van der Waals surface area (Å²) in [5, 5.41) is 13.3. The van der Waals surface area contributed by atoms with Crippen LogP contribution in [0.15, 0.2) is 5.38 Å². The number of hydrogen-bond donors (Lipinski definition) is 1. The maximum atomic E-state index is 10.2. The van der Waals surface area contributed by atoms with Gasteiger partial charge in [-0.3, -0.25) is 0 Å². The maximum Gasteiger partial charge on any atom is 0.0956 e. The normalized spacial score (nSPS) is 21.0. The van der Waals surface area contributed by atoms with Crippen LogP contribution in [0.25, 0.3) is 0 Å². The van der Waals surface area contributed by atoms with E-state index >= 15 is 0 Å². The van der Waals surface area contributed by atoms with Crippen LogP contribution < -0.4 is 0 Å². The predicted molar refractivity (Wildman–Crippen MR) is 55.6 cm³/mol. The summed E-state index contributed by atoms with van der Waals surface area (Å²) in [6, 6.07) is 0. The van der Waals surface area contributed by atoms with Gasteiger partial charge in [0, 0.05) is 30.7 Å². The number of ether oxygens (including phenoxy) is 1. The molecule has 14 heavy (non-hydrogen) atoms. The summed E-state index contributed by atoms with van der Waals surface area (Å²) in [6.07, 6.45) is 2.13. The van der Waals surface area contributed by atoms with Gasteiger partial charge in [0.25, 0.3) is 0 Å². The largest absolute Gasteiger partial charge is 0.389 e. The molecule has 0 amide bonds. The van der Waals surface area contributed by atoms with E-state index in [4.69, 9.17) is 4.74 Å². The molecule has 1 aliphatic rings. The Bertz CT molecular complexity index is 305. The first-order valence-corrected chi connectivity index (χ1v) is 5.77. The third kappa shape index (κ3) is 2.32. The Labute approximate surface area is 87.7 Å². The molecule has 1 saturated heterocycles. The summed E-state index contributed by atoms with van der Waals surface area (Å²) in [5.74, 6) is 0. The molecule has 78 valence electrons. The quantitative estimate of drug-likeness (QED) is 0.810. The second kappa shape index (κ2) is 3.96. The van der Waals surface area contributed by atoms with Crippen molar-refractivity contribution < 1.29 is 9.84 Å². The zero-order chi connectivity index (χ0) is 10.0. The fraction of sp³-hybridized carbons (Fsp3) is 0.700. The molecule has 3 nitrogen and oxygen atoms in total. The van der Waals surface area contributed by atoms with E-state index in [1.54, 1.807) is 11.3 Å². The van der Waals surface area contributed by atoms with Crippen LogP contribution in [-0.2, 0) is 11.2 Å². The number of nitrogens with zero attached hydrogens (tertiary/aromatic N) is 1. The molecule has 2 rings (SSSR count). The highest BCUT2D eigenvalue weighted by atomic mass is 32.1. The minimum absolute atomic E-state index is 0.581. The van der Waals surface area contributed by atoms with E-state index < -0.39 is 5.60 Å². The minimum Gasteiger partial charge on any atom is -0.389 e. The molecule has 0 aromatic carbocycles. The lowest BCUT2D eigenvalue weighted by atomic mass is 9.91. The van der Waals surface area contributed by atoms with E-state index in [9.17, 15) is 5.11 Å². The van der Waals surface area contributed by atoms with Crippen molar-refractivity contribution in [1.29, 1.82) is 0 Å². The molecule has 1 N–H and O–H groups in total. The summed E-state index contributed by atoms with van der Waals surface area (Å²) in [4.78, 5) is 4.37. The fourth-order valence-corrected chi connectivity index (χ4v) is 2.60. The molecule has 0 unspecified atom stereocenters. The van der Waals surface area contributed by atoms with Crippen molar-refractivity contribution in [3.05, 3.63) is 16.1 Å². The van der Waals surface area contributed by atoms with Gasteiger partial charge >= 0.3 is 0 Å². The van der Waals surface area contributed by atoms with E-state index in [1.165, 1.54) is 0 Å². The first-order chi connectivity index (χ1) is 6.68. The molecule has 0 radical (unpaired) electrons. The number of aryl methyl sites for hydroxylation is 1. The van der Waals surface area contributed by atoms with Crippen molar-refractivity contribution in [3.8, 4) is 0 Å². The first-order valence-electron chi connectivity index (χ1n) is 4.89. The van der Waals surface area contributed by atoms with Crippen molar-refractivity contribution >= 4 is 11.3 Å². The summed E-state index contributed by atoms with van der Waals surface area (Å²) >= 11 is 1.63. The fourth-order valence-electron chi connectivity index (χ4n) is 1.69. The van der Waals surface area contributed by atoms with Gasteiger partial charge in [0.05, 0.1) is 10.6 Å². The number of aliphatic hydroxyl groups is 1. The molecule has 1 aromatic rings. The van der Waals surface area contributed by atoms with Crippen LogP contribution in [-0.4, -0.2) is 28.9 Å². The Kier molecular flexibility index (Phi) is 2.85. The molecule has 0 aliphatic carbocycles. The number of rotatable bonds is 2. The minimum atomic E-state index is -0.581. The van der Waals surface area contributed by atoms with Crippen LogP contribution in [0.2, 0.25) is 0 Å². The second-order valence-corrected chi connectivity index (χ2v) is 4.84. The summed E-state index contributed by atoms with van der Waals surface area (Å²) < 4.78 is 5.23. The van der Waals surface area contributed by atoms with E-state index in [2.05, 4.69) is 4.98 Å². The Morgan fingerprint density at radius 3 is 2.86 bits per heavy atom. The molecular formula is C10H15NO2S. The monoisotopic (exact) mass is 213 g/mol. The van der Waals surface area contributed by atoms with Gasteiger partial charge in [0.1, 0.15) is 0 Å². The van der Waals surface area contributed by atoms with Crippen LogP contribution >= 0.6 is 11.3 Å². The van der Waals surface area contributed by atoms with Crippen molar-refractivity contribution in [3.63, 3.8) is 0 Å². The predicted octanol–water partition coefficient (Wildman–Crippen LogP) is 1.54. The average Bonchev–Trinajstić information content (AvgIpc) is 2.51. The highest BCUT2D eigenvalue weighted by molar-refractivity contribution is 7.09. The Morgan fingerprint density at radius 2 is 2.29 bits per heavy atom. The molecule has 1 fully saturated rings. The molecule has 0 spiro atoms. The van der Waals surface area contributed by atoms with Crippen LogP contribution in [0.1, 0.15) is 23.5 Å². The molecule has 4 heteroatoms. The molecular weight excluding hydrogens is 198 g/mol. The molecule has 0 atom stereocenters. The van der Waals surface area contributed by atoms with E-state index in [1.807, 2.05) is 12.3 Å². The van der Waals surface area contributed by atoms with Crippen molar-refractivity contribution in [1.82, 2.24) is 4.98 Å². The van der Waals surface area contributed by atoms with Gasteiger partial charge in [0.15, 0.2) is 0 Å². The summed E-state index contributed by atoms with van der Waals surface area (Å²) in [6.45, 7) is 3.32. The van der Waals surface area contributed by atoms with Gasteiger partial charge in [-0.05, 0) is 19.8 Å². The Hall–Kier alpha value is -0.450. The lowest BCUT2D eigenvalue weighted by molar-refractivity contribution is -0.0626. The van der Waals surface area contributed by atoms with E-state index in [-0.39, 0.29) is 0 Å². The number of hydrogen-bond acceptors (Lipinski definition) is 4. The molecule has 0 saturated carbocycles. The van der Waals surface area contributed by atoms with Gasteiger partial charge < -0.3 is 9.84 Å². The van der Waals surface area contributed by atoms with Crippen LogP contribution in [0.5, 0.6) is 0 Å². The van der Waals surface area contributed by atoms with Gasteiger partial charge in [0.2, 0.25) is 0 Å². The van der Waals surface area contributed by atoms with Crippen LogP contribution in [0.3, 0.4) is 0 Å². The maximum absolute atomic E-state index is 10.2. The van der Waals surface area contributed by atoms with Crippen LogP contribution in [0, 0.1) is 6.92 Å². The highest BCUT2D eigenvalue weighted by Crippen LogP contribution is 2.26. The van der Waals surface area contributed by atoms with Crippen molar-refractivity contribution in [2.24, 2.45) is 0 Å². The first kappa shape index (κ1) is 10.1. The summed E-state index contributed by atoms with van der Waals surface area (Å²) in [7, 11) is 0. The smallest absolute Gasteiger partial charge is 0.0956 e. The second-order valence-electron chi connectivity index (χ2n) is 3.90. The number of thiazole rings is 1. The van der Waals surface area contributed by atoms with Gasteiger partial charge in [-0.25, -0.2) is 4.98 Å². The van der Waals surface area contributed by atoms with Gasteiger partial charge in [-0.1, -0.05) is 0 Å². The van der Waals surface area contributed by atoms with E-state index in [0.717, 1.165) is 23.5 Å². The average molecular weight is 213 g/mol. The molecule has 1 aromatic heterocycles. The van der Waals surface area contributed by atoms with E-state index in [0.29, 0.717) is 19.6 Å². The zero-order valence-corrected chi connectivity index (χ0v) is 9.14. The van der Waals surface area contributed by atoms with Gasteiger partial charge in [-0.15, -0.1) is 11.3 Å². The molecule has 0 bridgehead atoms. The van der Waals surface area contributed by atoms with Crippen molar-refractivity contribution in [2.45, 2.75) is 31.8 Å². The SMILES string of the molecule is Cc1csc(CC2(O)CCOCC2)n1. The highest BCUT2D eigenvalue weighted by Gasteiger charge is 2.30. The molecule has 2 heterocycles. The Morgan fingerprint density at radius 1 is 1.57 bits per heavy atom. The lowest BCUT2D eigenvalue weighted by Gasteiger charge is -2.31. The third-order valence-corrected chi connectivity index (χ3v) is 3.54. The third-order valence-electron chi connectivity index (χ3n) is 2.57.